The minimum Gasteiger partial charge on any atom is -0.444 e. The summed E-state index contributed by atoms with van der Waals surface area (Å²) < 4.78 is 54.8. The summed E-state index contributed by atoms with van der Waals surface area (Å²) in [6.07, 6.45) is -4.74. The summed E-state index contributed by atoms with van der Waals surface area (Å²) in [5.41, 5.74) is -0.810. The van der Waals surface area contributed by atoms with E-state index < -0.39 is 41.5 Å². The summed E-state index contributed by atoms with van der Waals surface area (Å²) >= 11 is 0. The molecule has 224 valence electrons. The number of benzene rings is 2. The van der Waals surface area contributed by atoms with Gasteiger partial charge in [0, 0.05) is 37.5 Å². The summed E-state index contributed by atoms with van der Waals surface area (Å²) in [6.45, 7) is 5.77. The van der Waals surface area contributed by atoms with Crippen LogP contribution in [0.4, 0.5) is 35.0 Å². The minimum atomic E-state index is -4.78. The highest BCUT2D eigenvalue weighted by molar-refractivity contribution is 6.12. The van der Waals surface area contributed by atoms with Crippen LogP contribution >= 0.6 is 0 Å². The van der Waals surface area contributed by atoms with Crippen LogP contribution in [0, 0.1) is 0 Å². The van der Waals surface area contributed by atoms with E-state index in [1.165, 1.54) is 4.90 Å². The fourth-order valence-electron chi connectivity index (χ4n) is 4.45. The number of rotatable bonds is 7. The first-order valence-corrected chi connectivity index (χ1v) is 13.2. The highest BCUT2D eigenvalue weighted by atomic mass is 19.4. The third-order valence-electron chi connectivity index (χ3n) is 6.33. The monoisotopic (exact) mass is 587 g/mol. The third kappa shape index (κ3) is 7.66. The quantitative estimate of drug-likeness (QED) is 0.277. The number of morpholine rings is 1. The first kappa shape index (κ1) is 30.6. The van der Waals surface area contributed by atoms with Gasteiger partial charge in [-0.05, 0) is 45.0 Å². The van der Waals surface area contributed by atoms with E-state index >= 15 is 0 Å². The maximum Gasteiger partial charge on any atom is 0.418 e. The Balaban J connectivity index is 1.63. The number of ether oxygens (including phenoxy) is 2. The van der Waals surface area contributed by atoms with Crippen LogP contribution < -0.4 is 15.5 Å². The molecule has 13 heteroatoms. The Morgan fingerprint density at radius 1 is 1.00 bits per heavy atom. The molecule has 10 nitrogen and oxygen atoms in total. The first-order valence-electron chi connectivity index (χ1n) is 13.2. The molecule has 1 saturated heterocycles. The second-order valence-electron chi connectivity index (χ2n) is 10.7. The molecule has 0 spiro atoms. The van der Waals surface area contributed by atoms with Gasteiger partial charge in [-0.3, -0.25) is 19.6 Å². The molecule has 1 aromatic heterocycles. The average molecular weight is 588 g/mol. The van der Waals surface area contributed by atoms with E-state index in [1.54, 1.807) is 69.0 Å². The number of anilines is 3. The molecular weight excluding hydrogens is 555 g/mol. The lowest BCUT2D eigenvalue weighted by molar-refractivity contribution is -0.137. The van der Waals surface area contributed by atoms with E-state index in [0.29, 0.717) is 5.56 Å². The molecule has 0 saturated carbocycles. The highest BCUT2D eigenvalue weighted by Gasteiger charge is 2.37. The normalized spacial score (nSPS) is 13.9. The predicted molar refractivity (Wildman–Crippen MR) is 151 cm³/mol. The average Bonchev–Trinajstić information content (AvgIpc) is 3.34. The molecule has 42 heavy (non-hydrogen) atoms. The number of aryl methyl sites for hydroxylation is 1. The van der Waals surface area contributed by atoms with E-state index in [-0.39, 0.29) is 48.9 Å². The van der Waals surface area contributed by atoms with Crippen molar-refractivity contribution >= 4 is 34.8 Å². The number of nitrogens with zero attached hydrogens (tertiary/aromatic N) is 3. The van der Waals surface area contributed by atoms with Gasteiger partial charge >= 0.3 is 12.3 Å². The molecule has 1 aliphatic rings. The van der Waals surface area contributed by atoms with Gasteiger partial charge in [-0.2, -0.15) is 18.3 Å². The Morgan fingerprint density at radius 2 is 1.69 bits per heavy atom. The lowest BCUT2D eigenvalue weighted by atomic mass is 10.0. The van der Waals surface area contributed by atoms with E-state index in [1.807, 2.05) is 0 Å². The summed E-state index contributed by atoms with van der Waals surface area (Å²) in [6, 6.07) is 10.3. The number of alkyl halides is 3. The van der Waals surface area contributed by atoms with Crippen LogP contribution in [0.1, 0.15) is 43.1 Å². The van der Waals surface area contributed by atoms with Crippen molar-refractivity contribution in [3.8, 4) is 11.3 Å². The predicted octanol–water partition coefficient (Wildman–Crippen LogP) is 5.50. The molecule has 3 aromatic rings. The number of ketones is 1. The van der Waals surface area contributed by atoms with Crippen molar-refractivity contribution in [1.82, 2.24) is 9.78 Å². The van der Waals surface area contributed by atoms with Gasteiger partial charge in [-0.25, -0.2) is 4.79 Å². The van der Waals surface area contributed by atoms with Crippen LogP contribution in [0.25, 0.3) is 11.3 Å². The maximum absolute atomic E-state index is 14.2. The van der Waals surface area contributed by atoms with Gasteiger partial charge in [0.1, 0.15) is 5.60 Å². The molecule has 1 fully saturated rings. The Kier molecular flexibility index (Phi) is 8.90. The van der Waals surface area contributed by atoms with Crippen molar-refractivity contribution in [1.29, 1.82) is 0 Å². The number of halogens is 3. The molecule has 2 amide bonds. The van der Waals surface area contributed by atoms with Crippen LogP contribution in [0.2, 0.25) is 0 Å². The number of aromatic nitrogens is 2. The summed E-state index contributed by atoms with van der Waals surface area (Å²) in [4.78, 5) is 40.1. The van der Waals surface area contributed by atoms with Gasteiger partial charge in [0.15, 0.2) is 5.78 Å². The van der Waals surface area contributed by atoms with Gasteiger partial charge in [-0.1, -0.05) is 18.2 Å². The smallest absolute Gasteiger partial charge is 0.418 e. The Labute approximate surface area is 240 Å². The minimum absolute atomic E-state index is 0.113. The number of carbonyl (C=O) groups excluding carboxylic acids is 3. The third-order valence-corrected chi connectivity index (χ3v) is 6.33. The Morgan fingerprint density at radius 3 is 2.31 bits per heavy atom. The van der Waals surface area contributed by atoms with Crippen LogP contribution in [0.3, 0.4) is 0 Å². The zero-order chi connectivity index (χ0) is 30.7. The standard InChI is InChI=1S/C29H32F3N5O5/c1-28(2,3)42-27(40)35-22-16-24(37-10-12-41-13-11-37)20(29(30,31)32)15-21(22)34-26(39)17-25(38)19-7-5-6-18(14-19)23-8-9-33-36(23)4/h5-9,14-16H,10-13,17H2,1-4H3,(H,34,39)(H,35,40). The molecule has 1 aliphatic heterocycles. The molecule has 0 radical (unpaired) electrons. The second-order valence-corrected chi connectivity index (χ2v) is 10.7. The maximum atomic E-state index is 14.2. The second kappa shape index (κ2) is 12.2. The lowest BCUT2D eigenvalue weighted by Gasteiger charge is -2.32. The Bertz CT molecular complexity index is 1470. The number of Topliss-reactive ketones (excluding diaryl/α,β-unsaturated/α-hetero) is 1. The van der Waals surface area contributed by atoms with Gasteiger partial charge in [0.25, 0.3) is 0 Å². The number of amides is 2. The summed E-state index contributed by atoms with van der Waals surface area (Å²) in [5.74, 6) is -1.40. The van der Waals surface area contributed by atoms with Crippen molar-refractivity contribution in [2.75, 3.05) is 41.8 Å². The molecular formula is C29H32F3N5O5. The molecule has 2 N–H and O–H groups in total. The van der Waals surface area contributed by atoms with Crippen molar-refractivity contribution in [2.24, 2.45) is 7.05 Å². The topological polar surface area (TPSA) is 115 Å². The lowest BCUT2D eigenvalue weighted by Crippen LogP contribution is -2.37. The van der Waals surface area contributed by atoms with Crippen molar-refractivity contribution in [3.63, 3.8) is 0 Å². The molecule has 0 aliphatic carbocycles. The Hall–Kier alpha value is -4.39. The molecule has 4 rings (SSSR count). The zero-order valence-electron chi connectivity index (χ0n) is 23.7. The van der Waals surface area contributed by atoms with Crippen LogP contribution in [0.15, 0.2) is 48.7 Å². The van der Waals surface area contributed by atoms with Gasteiger partial charge in [0.05, 0.1) is 48.0 Å². The fourth-order valence-corrected chi connectivity index (χ4v) is 4.45. The van der Waals surface area contributed by atoms with E-state index in [4.69, 9.17) is 9.47 Å². The summed E-state index contributed by atoms with van der Waals surface area (Å²) in [7, 11) is 1.75. The number of hydrogen-bond acceptors (Lipinski definition) is 7. The molecule has 0 atom stereocenters. The zero-order valence-corrected chi connectivity index (χ0v) is 23.7. The number of carbonyl (C=O) groups is 3. The first-order chi connectivity index (χ1) is 19.7. The van der Waals surface area contributed by atoms with Crippen LogP contribution in [-0.2, 0) is 27.5 Å². The fraction of sp³-hybridized carbons (Fsp3) is 0.379. The summed E-state index contributed by atoms with van der Waals surface area (Å²) in [5, 5.41) is 8.95. The highest BCUT2D eigenvalue weighted by Crippen LogP contribution is 2.42. The van der Waals surface area contributed by atoms with Gasteiger partial charge < -0.3 is 19.7 Å². The SMILES string of the molecule is Cn1nccc1-c1cccc(C(=O)CC(=O)Nc2cc(C(F)(F)F)c(N3CCOCC3)cc2NC(=O)OC(C)(C)C)c1. The molecule has 0 bridgehead atoms. The number of nitrogens with one attached hydrogen (secondary N) is 2. The van der Waals surface area contributed by atoms with E-state index in [0.717, 1.165) is 17.8 Å². The van der Waals surface area contributed by atoms with Crippen molar-refractivity contribution in [3.05, 3.63) is 59.8 Å². The molecule has 2 aromatic carbocycles. The van der Waals surface area contributed by atoms with Crippen LogP contribution in [0.5, 0.6) is 0 Å². The van der Waals surface area contributed by atoms with Crippen molar-refractivity contribution < 1.29 is 37.0 Å². The van der Waals surface area contributed by atoms with Gasteiger partial charge in [-0.15, -0.1) is 0 Å². The van der Waals surface area contributed by atoms with Crippen molar-refractivity contribution in [2.45, 2.75) is 39.0 Å². The molecule has 0 unspecified atom stereocenters. The van der Waals surface area contributed by atoms with Crippen LogP contribution in [-0.4, -0.2) is 59.5 Å². The molecule has 2 heterocycles. The van der Waals surface area contributed by atoms with E-state index in [2.05, 4.69) is 15.7 Å². The number of hydrogen-bond donors (Lipinski definition) is 2. The van der Waals surface area contributed by atoms with E-state index in [9.17, 15) is 27.6 Å². The largest absolute Gasteiger partial charge is 0.444 e. The van der Waals surface area contributed by atoms with Gasteiger partial charge in [0.2, 0.25) is 5.91 Å².